The van der Waals surface area contributed by atoms with E-state index in [1.807, 2.05) is 13.8 Å². The number of amides is 1. The van der Waals surface area contributed by atoms with E-state index in [4.69, 9.17) is 11.6 Å². The van der Waals surface area contributed by atoms with Crippen LogP contribution in [-0.4, -0.2) is 20.9 Å². The van der Waals surface area contributed by atoms with E-state index in [0.717, 1.165) is 11.1 Å². The summed E-state index contributed by atoms with van der Waals surface area (Å²) < 4.78 is 26.7. The van der Waals surface area contributed by atoms with Gasteiger partial charge in [-0.2, -0.15) is 0 Å². The fraction of sp³-hybridized carbons (Fsp3) is 0.235. The van der Waals surface area contributed by atoms with Crippen molar-refractivity contribution >= 4 is 33.2 Å². The Labute approximate surface area is 147 Å². The molecule has 5 nitrogen and oxygen atoms in total. The summed E-state index contributed by atoms with van der Waals surface area (Å²) in [5.74, 6) is -0.285. The Hall–Kier alpha value is -1.89. The molecule has 0 aliphatic heterocycles. The van der Waals surface area contributed by atoms with Crippen LogP contribution in [0.4, 0.5) is 5.69 Å². The van der Waals surface area contributed by atoms with Gasteiger partial charge < -0.3 is 5.32 Å². The average Bonchev–Trinajstić information content (AvgIpc) is 2.51. The lowest BCUT2D eigenvalue weighted by Crippen LogP contribution is -2.28. The molecule has 24 heavy (non-hydrogen) atoms. The zero-order valence-corrected chi connectivity index (χ0v) is 15.0. The Balaban J connectivity index is 1.90. The van der Waals surface area contributed by atoms with Crippen LogP contribution in [0.5, 0.6) is 0 Å². The molecule has 7 heteroatoms. The van der Waals surface area contributed by atoms with Crippen molar-refractivity contribution in [3.8, 4) is 0 Å². The SMILES string of the molecule is Cc1ccc(S(=O)(=O)NCCC(=O)Nc2cc(Cl)ccc2C)cc1. The molecule has 2 aromatic rings. The minimum Gasteiger partial charge on any atom is -0.326 e. The predicted octanol–water partition coefficient (Wildman–Crippen LogP) is 3.26. The number of anilines is 1. The molecule has 1 amide bonds. The second-order valence-electron chi connectivity index (χ2n) is 5.47. The van der Waals surface area contributed by atoms with E-state index in [-0.39, 0.29) is 23.8 Å². The highest BCUT2D eigenvalue weighted by Crippen LogP contribution is 2.20. The third-order valence-electron chi connectivity index (χ3n) is 3.45. The number of rotatable bonds is 6. The van der Waals surface area contributed by atoms with E-state index in [1.54, 1.807) is 30.3 Å². The van der Waals surface area contributed by atoms with Crippen LogP contribution in [-0.2, 0) is 14.8 Å². The number of sulfonamides is 1. The van der Waals surface area contributed by atoms with Crippen molar-refractivity contribution in [3.05, 3.63) is 58.6 Å². The summed E-state index contributed by atoms with van der Waals surface area (Å²) in [4.78, 5) is 12.1. The number of carbonyl (C=O) groups excluding carboxylic acids is 1. The number of halogens is 1. The first kappa shape index (κ1) is 18.4. The molecular formula is C17H19ClN2O3S. The molecule has 0 radical (unpaired) electrons. The average molecular weight is 367 g/mol. The Bertz CT molecular complexity index is 833. The highest BCUT2D eigenvalue weighted by atomic mass is 35.5. The van der Waals surface area contributed by atoms with E-state index in [0.29, 0.717) is 10.7 Å². The maximum Gasteiger partial charge on any atom is 0.240 e. The topological polar surface area (TPSA) is 75.3 Å². The maximum atomic E-state index is 12.1. The molecule has 0 fully saturated rings. The highest BCUT2D eigenvalue weighted by Gasteiger charge is 2.14. The Kier molecular flexibility index (Phi) is 5.99. The standard InChI is InChI=1S/C17H19ClN2O3S/c1-12-3-7-15(8-4-12)24(22,23)19-10-9-17(21)20-16-11-14(18)6-5-13(16)2/h3-8,11,19H,9-10H2,1-2H3,(H,20,21). The van der Waals surface area contributed by atoms with Gasteiger partial charge in [0, 0.05) is 23.7 Å². The van der Waals surface area contributed by atoms with Crippen molar-refractivity contribution < 1.29 is 13.2 Å². The summed E-state index contributed by atoms with van der Waals surface area (Å²) in [7, 11) is -3.61. The van der Waals surface area contributed by atoms with Gasteiger partial charge in [0.1, 0.15) is 0 Å². The highest BCUT2D eigenvalue weighted by molar-refractivity contribution is 7.89. The first-order valence-electron chi connectivity index (χ1n) is 7.40. The summed E-state index contributed by atoms with van der Waals surface area (Å²) in [5, 5.41) is 3.25. The van der Waals surface area contributed by atoms with Crippen molar-refractivity contribution in [3.63, 3.8) is 0 Å². The fourth-order valence-corrected chi connectivity index (χ4v) is 3.25. The van der Waals surface area contributed by atoms with Crippen LogP contribution >= 0.6 is 11.6 Å². The van der Waals surface area contributed by atoms with E-state index in [2.05, 4.69) is 10.0 Å². The van der Waals surface area contributed by atoms with Crippen LogP contribution in [0.1, 0.15) is 17.5 Å². The minimum absolute atomic E-state index is 0.0155. The monoisotopic (exact) mass is 366 g/mol. The van der Waals surface area contributed by atoms with E-state index in [1.165, 1.54) is 12.1 Å². The Morgan fingerprint density at radius 2 is 1.75 bits per heavy atom. The zero-order valence-electron chi connectivity index (χ0n) is 13.5. The summed E-state index contributed by atoms with van der Waals surface area (Å²) in [6, 6.07) is 11.7. The van der Waals surface area contributed by atoms with Crippen molar-refractivity contribution in [1.29, 1.82) is 0 Å². The lowest BCUT2D eigenvalue weighted by molar-refractivity contribution is -0.116. The summed E-state index contributed by atoms with van der Waals surface area (Å²) in [6.07, 6.45) is 0.0248. The molecule has 0 saturated carbocycles. The molecule has 2 N–H and O–H groups in total. The predicted molar refractivity (Wildman–Crippen MR) is 95.8 cm³/mol. The van der Waals surface area contributed by atoms with Gasteiger partial charge in [-0.05, 0) is 43.7 Å². The fourth-order valence-electron chi connectivity index (χ4n) is 2.04. The van der Waals surface area contributed by atoms with Crippen molar-refractivity contribution in [2.24, 2.45) is 0 Å². The minimum atomic E-state index is -3.61. The normalized spacial score (nSPS) is 11.3. The van der Waals surface area contributed by atoms with E-state index < -0.39 is 10.0 Å². The van der Waals surface area contributed by atoms with Gasteiger partial charge in [0.05, 0.1) is 4.90 Å². The van der Waals surface area contributed by atoms with Gasteiger partial charge in [0.15, 0.2) is 0 Å². The molecule has 0 aromatic heterocycles. The number of hydrogen-bond acceptors (Lipinski definition) is 3. The Morgan fingerprint density at radius 3 is 2.42 bits per heavy atom. The molecule has 0 unspecified atom stereocenters. The largest absolute Gasteiger partial charge is 0.326 e. The lowest BCUT2D eigenvalue weighted by Gasteiger charge is -2.10. The zero-order chi connectivity index (χ0) is 17.7. The van der Waals surface area contributed by atoms with Gasteiger partial charge in [-0.1, -0.05) is 35.4 Å². The van der Waals surface area contributed by atoms with Crippen molar-refractivity contribution in [1.82, 2.24) is 4.72 Å². The van der Waals surface area contributed by atoms with Gasteiger partial charge in [-0.25, -0.2) is 13.1 Å². The van der Waals surface area contributed by atoms with E-state index in [9.17, 15) is 13.2 Å². The lowest BCUT2D eigenvalue weighted by atomic mass is 10.2. The third kappa shape index (κ3) is 5.06. The second kappa shape index (κ2) is 7.79. The number of carbonyl (C=O) groups is 1. The van der Waals surface area contributed by atoms with Crippen molar-refractivity contribution in [2.45, 2.75) is 25.2 Å². The molecule has 0 heterocycles. The first-order valence-corrected chi connectivity index (χ1v) is 9.26. The van der Waals surface area contributed by atoms with Gasteiger partial charge in [0.2, 0.25) is 15.9 Å². The first-order chi connectivity index (χ1) is 11.3. The molecule has 0 spiro atoms. The summed E-state index contributed by atoms with van der Waals surface area (Å²) in [6.45, 7) is 3.75. The van der Waals surface area contributed by atoms with Crippen LogP contribution < -0.4 is 10.0 Å². The smallest absolute Gasteiger partial charge is 0.240 e. The Morgan fingerprint density at radius 1 is 1.08 bits per heavy atom. The summed E-state index contributed by atoms with van der Waals surface area (Å²) >= 11 is 5.90. The number of nitrogens with one attached hydrogen (secondary N) is 2. The van der Waals surface area contributed by atoms with Crippen LogP contribution in [0.2, 0.25) is 5.02 Å². The number of aryl methyl sites for hydroxylation is 2. The number of benzene rings is 2. The molecular weight excluding hydrogens is 348 g/mol. The van der Waals surface area contributed by atoms with Crippen LogP contribution in [0.3, 0.4) is 0 Å². The molecule has 2 rings (SSSR count). The molecule has 128 valence electrons. The molecule has 0 bridgehead atoms. The summed E-state index contributed by atoms with van der Waals surface area (Å²) in [5.41, 5.74) is 2.48. The van der Waals surface area contributed by atoms with Gasteiger partial charge in [-0.15, -0.1) is 0 Å². The second-order valence-corrected chi connectivity index (χ2v) is 7.67. The quantitative estimate of drug-likeness (QED) is 0.823. The van der Waals surface area contributed by atoms with E-state index >= 15 is 0 Å². The van der Waals surface area contributed by atoms with Gasteiger partial charge in [-0.3, -0.25) is 4.79 Å². The molecule has 0 aliphatic carbocycles. The number of hydrogen-bond donors (Lipinski definition) is 2. The molecule has 2 aromatic carbocycles. The molecule has 0 aliphatic rings. The van der Waals surface area contributed by atoms with Crippen molar-refractivity contribution in [2.75, 3.05) is 11.9 Å². The third-order valence-corrected chi connectivity index (χ3v) is 5.16. The van der Waals surface area contributed by atoms with Crippen LogP contribution in [0.15, 0.2) is 47.4 Å². The van der Waals surface area contributed by atoms with Crippen LogP contribution in [0.25, 0.3) is 0 Å². The molecule has 0 saturated heterocycles. The molecule has 0 atom stereocenters. The maximum absolute atomic E-state index is 12.1. The van der Waals surface area contributed by atoms with Crippen LogP contribution in [0, 0.1) is 13.8 Å². The van der Waals surface area contributed by atoms with Gasteiger partial charge >= 0.3 is 0 Å². The van der Waals surface area contributed by atoms with Gasteiger partial charge in [0.25, 0.3) is 0 Å².